The second-order valence-electron chi connectivity index (χ2n) is 2.50. The highest BCUT2D eigenvalue weighted by atomic mass is 14.7. The molecule has 1 aromatic rings. The van der Waals surface area contributed by atoms with Gasteiger partial charge in [0, 0.05) is 12.8 Å². The summed E-state index contributed by atoms with van der Waals surface area (Å²) in [5, 5.41) is 8.54. The molecular formula is C10H10N2. The Labute approximate surface area is 72.2 Å². The second-order valence-corrected chi connectivity index (χ2v) is 2.50. The van der Waals surface area contributed by atoms with Gasteiger partial charge in [-0.3, -0.25) is 4.99 Å². The van der Waals surface area contributed by atoms with Crippen LogP contribution in [0.2, 0.25) is 0 Å². The van der Waals surface area contributed by atoms with Crippen molar-refractivity contribution in [3.05, 3.63) is 35.4 Å². The first-order valence-electron chi connectivity index (χ1n) is 3.72. The van der Waals surface area contributed by atoms with E-state index in [1.807, 2.05) is 19.1 Å². The molecule has 1 aromatic carbocycles. The normalized spacial score (nSPS) is 10.9. The summed E-state index contributed by atoms with van der Waals surface area (Å²) in [5.41, 5.74) is 2.73. The van der Waals surface area contributed by atoms with Gasteiger partial charge in [0.15, 0.2) is 0 Å². The lowest BCUT2D eigenvalue weighted by molar-refractivity contribution is 1.40. The zero-order valence-corrected chi connectivity index (χ0v) is 7.20. The van der Waals surface area contributed by atoms with Crippen LogP contribution in [0.15, 0.2) is 29.3 Å². The summed E-state index contributed by atoms with van der Waals surface area (Å²) in [6.07, 6.45) is 0. The summed E-state index contributed by atoms with van der Waals surface area (Å²) in [4.78, 5) is 4.05. The van der Waals surface area contributed by atoms with Crippen molar-refractivity contribution in [2.45, 2.75) is 6.92 Å². The summed E-state index contributed by atoms with van der Waals surface area (Å²) in [5.74, 6) is 0. The zero-order valence-electron chi connectivity index (χ0n) is 7.20. The highest BCUT2D eigenvalue weighted by Crippen LogP contribution is 2.04. The molecule has 0 N–H and O–H groups in total. The first kappa shape index (κ1) is 8.48. The van der Waals surface area contributed by atoms with E-state index in [4.69, 9.17) is 5.26 Å². The third-order valence-electron chi connectivity index (χ3n) is 1.77. The van der Waals surface area contributed by atoms with Gasteiger partial charge in [0.2, 0.25) is 0 Å². The Morgan fingerprint density at radius 2 is 1.92 bits per heavy atom. The molecule has 0 amide bonds. The van der Waals surface area contributed by atoms with Crippen LogP contribution in [0, 0.1) is 11.3 Å². The van der Waals surface area contributed by atoms with E-state index in [1.165, 1.54) is 0 Å². The lowest BCUT2D eigenvalue weighted by atomic mass is 10.1. The Morgan fingerprint density at radius 3 is 2.33 bits per heavy atom. The number of rotatable bonds is 1. The third-order valence-corrected chi connectivity index (χ3v) is 1.77. The second kappa shape index (κ2) is 3.68. The molecule has 0 saturated heterocycles. The fourth-order valence-corrected chi connectivity index (χ4v) is 0.915. The number of aliphatic imine (C=N–C) groups is 1. The molecule has 2 heteroatoms. The van der Waals surface area contributed by atoms with E-state index in [9.17, 15) is 0 Å². The Morgan fingerprint density at radius 1 is 1.33 bits per heavy atom. The van der Waals surface area contributed by atoms with Crippen molar-refractivity contribution in [2.75, 3.05) is 7.05 Å². The molecular weight excluding hydrogens is 148 g/mol. The molecule has 12 heavy (non-hydrogen) atoms. The lowest BCUT2D eigenvalue weighted by Crippen LogP contribution is -1.93. The Hall–Kier alpha value is -1.62. The SMILES string of the molecule is C/N=C(\C)c1ccc(C#N)cc1. The van der Waals surface area contributed by atoms with E-state index in [2.05, 4.69) is 11.1 Å². The van der Waals surface area contributed by atoms with Crippen molar-refractivity contribution in [1.82, 2.24) is 0 Å². The number of nitrogens with zero attached hydrogens (tertiary/aromatic N) is 2. The standard InChI is InChI=1S/C10H10N2/c1-8(12-2)10-5-3-9(7-11)4-6-10/h3-6H,1-2H3/b12-8+. The van der Waals surface area contributed by atoms with Crippen LogP contribution in [0.1, 0.15) is 18.1 Å². The molecule has 0 aliphatic carbocycles. The van der Waals surface area contributed by atoms with Gasteiger partial charge in [0.1, 0.15) is 0 Å². The minimum absolute atomic E-state index is 0.683. The Kier molecular flexibility index (Phi) is 2.60. The van der Waals surface area contributed by atoms with Gasteiger partial charge < -0.3 is 0 Å². The highest BCUT2D eigenvalue weighted by molar-refractivity contribution is 5.98. The Bertz CT molecular complexity index is 328. The smallest absolute Gasteiger partial charge is 0.0991 e. The summed E-state index contributed by atoms with van der Waals surface area (Å²) >= 11 is 0. The maximum absolute atomic E-state index is 8.54. The molecule has 0 aliphatic heterocycles. The first-order valence-corrected chi connectivity index (χ1v) is 3.72. The van der Waals surface area contributed by atoms with E-state index < -0.39 is 0 Å². The van der Waals surface area contributed by atoms with Gasteiger partial charge >= 0.3 is 0 Å². The molecule has 0 aliphatic rings. The quantitative estimate of drug-likeness (QED) is 0.576. The van der Waals surface area contributed by atoms with E-state index in [0.717, 1.165) is 11.3 Å². The van der Waals surface area contributed by atoms with Crippen LogP contribution in [0.25, 0.3) is 0 Å². The van der Waals surface area contributed by atoms with Crippen LogP contribution in [0.5, 0.6) is 0 Å². The molecule has 0 aromatic heterocycles. The number of nitriles is 1. The summed E-state index contributed by atoms with van der Waals surface area (Å²) < 4.78 is 0. The molecule has 0 bridgehead atoms. The van der Waals surface area contributed by atoms with Crippen LogP contribution in [-0.4, -0.2) is 12.8 Å². The van der Waals surface area contributed by atoms with E-state index in [1.54, 1.807) is 19.2 Å². The van der Waals surface area contributed by atoms with Crippen LogP contribution in [0.3, 0.4) is 0 Å². The van der Waals surface area contributed by atoms with Crippen LogP contribution in [-0.2, 0) is 0 Å². The first-order chi connectivity index (χ1) is 5.77. The Balaban J connectivity index is 3.02. The van der Waals surface area contributed by atoms with E-state index in [-0.39, 0.29) is 0 Å². The third kappa shape index (κ3) is 1.70. The predicted molar refractivity (Wildman–Crippen MR) is 49.3 cm³/mol. The molecule has 60 valence electrons. The highest BCUT2D eigenvalue weighted by Gasteiger charge is 1.95. The zero-order chi connectivity index (χ0) is 8.97. The monoisotopic (exact) mass is 158 g/mol. The van der Waals surface area contributed by atoms with E-state index in [0.29, 0.717) is 5.56 Å². The molecule has 0 unspecified atom stereocenters. The van der Waals surface area contributed by atoms with E-state index >= 15 is 0 Å². The summed E-state index contributed by atoms with van der Waals surface area (Å²) in [7, 11) is 1.76. The molecule has 0 fully saturated rings. The van der Waals surface area contributed by atoms with Crippen LogP contribution < -0.4 is 0 Å². The van der Waals surface area contributed by atoms with Crippen molar-refractivity contribution in [2.24, 2.45) is 4.99 Å². The predicted octanol–water partition coefficient (Wildman–Crippen LogP) is 2.00. The van der Waals surface area contributed by atoms with Crippen LogP contribution in [0.4, 0.5) is 0 Å². The van der Waals surface area contributed by atoms with Gasteiger partial charge in [-0.25, -0.2) is 0 Å². The maximum atomic E-state index is 8.54. The van der Waals surface area contributed by atoms with Gasteiger partial charge in [-0.2, -0.15) is 5.26 Å². The topological polar surface area (TPSA) is 36.1 Å². The fourth-order valence-electron chi connectivity index (χ4n) is 0.915. The van der Waals surface area contributed by atoms with Crippen molar-refractivity contribution in [1.29, 1.82) is 5.26 Å². The molecule has 1 rings (SSSR count). The van der Waals surface area contributed by atoms with Crippen molar-refractivity contribution in [3.8, 4) is 6.07 Å². The molecule has 0 spiro atoms. The number of hydrogen-bond acceptors (Lipinski definition) is 2. The molecule has 0 saturated carbocycles. The van der Waals surface area contributed by atoms with Crippen molar-refractivity contribution < 1.29 is 0 Å². The average Bonchev–Trinajstić information content (AvgIpc) is 2.17. The molecule has 0 radical (unpaired) electrons. The molecule has 0 heterocycles. The van der Waals surface area contributed by atoms with Crippen molar-refractivity contribution in [3.63, 3.8) is 0 Å². The molecule has 2 nitrogen and oxygen atoms in total. The fraction of sp³-hybridized carbons (Fsp3) is 0.200. The number of hydrogen-bond donors (Lipinski definition) is 0. The van der Waals surface area contributed by atoms with Gasteiger partial charge in [-0.1, -0.05) is 12.1 Å². The lowest BCUT2D eigenvalue weighted by Gasteiger charge is -1.97. The van der Waals surface area contributed by atoms with Crippen LogP contribution >= 0.6 is 0 Å². The summed E-state index contributed by atoms with van der Waals surface area (Å²) in [6, 6.07) is 9.47. The van der Waals surface area contributed by atoms with Gasteiger partial charge in [0.05, 0.1) is 11.6 Å². The largest absolute Gasteiger partial charge is 0.293 e. The van der Waals surface area contributed by atoms with Crippen molar-refractivity contribution >= 4 is 5.71 Å². The minimum atomic E-state index is 0.683. The minimum Gasteiger partial charge on any atom is -0.293 e. The number of benzene rings is 1. The molecule has 0 atom stereocenters. The summed E-state index contributed by atoms with van der Waals surface area (Å²) in [6.45, 7) is 1.95. The van der Waals surface area contributed by atoms with Gasteiger partial charge in [-0.15, -0.1) is 0 Å². The average molecular weight is 158 g/mol. The van der Waals surface area contributed by atoms with Gasteiger partial charge in [0.25, 0.3) is 0 Å². The maximum Gasteiger partial charge on any atom is 0.0991 e. The van der Waals surface area contributed by atoms with Gasteiger partial charge in [-0.05, 0) is 24.6 Å².